The van der Waals surface area contributed by atoms with Crippen molar-refractivity contribution < 1.29 is 10.4 Å². The summed E-state index contributed by atoms with van der Waals surface area (Å²) < 4.78 is 0.944. The Morgan fingerprint density at radius 3 is 1.36 bits per heavy atom. The van der Waals surface area contributed by atoms with Gasteiger partial charge >= 0.3 is 11.4 Å². The number of hydrogen-bond donors (Lipinski definition) is 4. The quantitative estimate of drug-likeness (QED) is 0.401. The Bertz CT molecular complexity index is 444. The number of aromatic amines is 2. The molecule has 0 aliphatic heterocycles. The highest BCUT2D eigenvalue weighted by molar-refractivity contribution is 4.70. The molecular formula is C6H8N4O4. The predicted molar refractivity (Wildman–Crippen MR) is 44.5 cm³/mol. The standard InChI is InChI=1S/2C3H4N2O2/c2*6-3-4-1-2-5(3)7/h2*1-2,7H,(H,4,6). The van der Waals surface area contributed by atoms with E-state index in [9.17, 15) is 9.59 Å². The lowest BCUT2D eigenvalue weighted by Gasteiger charge is -1.76. The molecule has 0 saturated heterocycles. The van der Waals surface area contributed by atoms with E-state index in [-0.39, 0.29) is 0 Å². The molecule has 76 valence electrons. The van der Waals surface area contributed by atoms with Crippen LogP contribution in [0.5, 0.6) is 0 Å². The molecule has 8 nitrogen and oxygen atoms in total. The first-order valence-corrected chi connectivity index (χ1v) is 3.52. The zero-order valence-electron chi connectivity index (χ0n) is 6.91. The number of aromatic nitrogens is 4. The summed E-state index contributed by atoms with van der Waals surface area (Å²) >= 11 is 0. The normalized spacial score (nSPS) is 9.14. The molecule has 0 fully saturated rings. The fraction of sp³-hybridized carbons (Fsp3) is 0. The molecule has 4 N–H and O–H groups in total. The van der Waals surface area contributed by atoms with Gasteiger partial charge in [0.1, 0.15) is 0 Å². The van der Waals surface area contributed by atoms with E-state index in [1.807, 2.05) is 0 Å². The highest BCUT2D eigenvalue weighted by atomic mass is 16.5. The third-order valence-electron chi connectivity index (χ3n) is 1.26. The zero-order chi connectivity index (χ0) is 10.6. The summed E-state index contributed by atoms with van der Waals surface area (Å²) in [5.74, 6) is 0. The first-order chi connectivity index (χ1) is 6.61. The van der Waals surface area contributed by atoms with Gasteiger partial charge in [0.15, 0.2) is 0 Å². The fourth-order valence-corrected chi connectivity index (χ4v) is 0.626. The van der Waals surface area contributed by atoms with Gasteiger partial charge in [-0.15, -0.1) is 9.46 Å². The van der Waals surface area contributed by atoms with Crippen molar-refractivity contribution >= 4 is 0 Å². The van der Waals surface area contributed by atoms with Crippen molar-refractivity contribution in [2.45, 2.75) is 0 Å². The maximum absolute atomic E-state index is 10.1. The zero-order valence-corrected chi connectivity index (χ0v) is 6.91. The largest absolute Gasteiger partial charge is 0.424 e. The maximum atomic E-state index is 10.1. The van der Waals surface area contributed by atoms with Gasteiger partial charge in [-0.2, -0.15) is 0 Å². The number of nitrogens with one attached hydrogen (secondary N) is 2. The lowest BCUT2D eigenvalue weighted by Crippen LogP contribution is -2.12. The summed E-state index contributed by atoms with van der Waals surface area (Å²) in [5, 5.41) is 16.7. The molecule has 0 radical (unpaired) electrons. The van der Waals surface area contributed by atoms with Crippen LogP contribution in [0.25, 0.3) is 0 Å². The minimum Gasteiger partial charge on any atom is -0.424 e. The molecule has 0 amide bonds. The van der Waals surface area contributed by atoms with Gasteiger partial charge in [-0.05, 0) is 0 Å². The molecule has 2 aromatic rings. The number of H-pyrrole nitrogens is 2. The molecule has 0 unspecified atom stereocenters. The van der Waals surface area contributed by atoms with Crippen LogP contribution in [0.1, 0.15) is 0 Å². The second-order valence-electron chi connectivity index (χ2n) is 2.22. The monoisotopic (exact) mass is 200 g/mol. The van der Waals surface area contributed by atoms with Gasteiger partial charge in [0.25, 0.3) is 0 Å². The van der Waals surface area contributed by atoms with E-state index in [1.165, 1.54) is 24.8 Å². The van der Waals surface area contributed by atoms with Crippen molar-refractivity contribution in [3.8, 4) is 0 Å². The predicted octanol–water partition coefficient (Wildman–Crippen LogP) is -1.17. The van der Waals surface area contributed by atoms with E-state index in [1.54, 1.807) is 0 Å². The maximum Gasteiger partial charge on any atom is 0.358 e. The summed E-state index contributed by atoms with van der Waals surface area (Å²) in [6.07, 6.45) is 5.15. The average molecular weight is 200 g/mol. The Morgan fingerprint density at radius 2 is 1.29 bits per heavy atom. The van der Waals surface area contributed by atoms with Crippen molar-refractivity contribution in [2.75, 3.05) is 0 Å². The summed E-state index contributed by atoms with van der Waals surface area (Å²) in [5.41, 5.74) is -1.03. The topological polar surface area (TPSA) is 116 Å². The van der Waals surface area contributed by atoms with Crippen LogP contribution in [0.3, 0.4) is 0 Å². The SMILES string of the molecule is O=c1[nH]ccn1O.O=c1[nH]ccn1O. The number of nitrogens with zero attached hydrogens (tertiary/aromatic N) is 2. The van der Waals surface area contributed by atoms with Crippen LogP contribution in [0.2, 0.25) is 0 Å². The Labute approximate surface area is 76.6 Å². The molecule has 0 atom stereocenters. The third kappa shape index (κ3) is 2.30. The second kappa shape index (κ2) is 4.03. The highest BCUT2D eigenvalue weighted by Gasteiger charge is 1.84. The van der Waals surface area contributed by atoms with Crippen molar-refractivity contribution in [3.05, 3.63) is 45.8 Å². The van der Waals surface area contributed by atoms with E-state index in [4.69, 9.17) is 10.4 Å². The van der Waals surface area contributed by atoms with Crippen LogP contribution in [0.4, 0.5) is 0 Å². The van der Waals surface area contributed by atoms with Crippen LogP contribution >= 0.6 is 0 Å². The minimum absolute atomic E-state index is 0.472. The summed E-state index contributed by atoms with van der Waals surface area (Å²) in [6.45, 7) is 0. The second-order valence-corrected chi connectivity index (χ2v) is 2.22. The first kappa shape index (κ1) is 9.71. The lowest BCUT2D eigenvalue weighted by molar-refractivity contribution is 0.176. The Hall–Kier alpha value is -2.38. The van der Waals surface area contributed by atoms with Crippen molar-refractivity contribution in [1.82, 2.24) is 19.4 Å². The minimum atomic E-state index is -0.514. The molecule has 0 spiro atoms. The summed E-state index contributed by atoms with van der Waals surface area (Å²) in [4.78, 5) is 24.6. The Morgan fingerprint density at radius 1 is 0.929 bits per heavy atom. The van der Waals surface area contributed by atoms with Crippen LogP contribution in [-0.4, -0.2) is 29.8 Å². The molecule has 8 heteroatoms. The molecule has 2 heterocycles. The number of imidazole rings is 2. The smallest absolute Gasteiger partial charge is 0.358 e. The van der Waals surface area contributed by atoms with E-state index in [2.05, 4.69) is 9.97 Å². The molecule has 0 aromatic carbocycles. The van der Waals surface area contributed by atoms with Gasteiger partial charge in [-0.25, -0.2) is 9.59 Å². The van der Waals surface area contributed by atoms with Gasteiger partial charge in [0.05, 0.1) is 12.4 Å². The van der Waals surface area contributed by atoms with E-state index in [0.717, 1.165) is 0 Å². The Balaban J connectivity index is 0.000000140. The summed E-state index contributed by atoms with van der Waals surface area (Å²) in [7, 11) is 0. The highest BCUT2D eigenvalue weighted by Crippen LogP contribution is 1.64. The average Bonchev–Trinajstić information content (AvgIpc) is 2.67. The third-order valence-corrected chi connectivity index (χ3v) is 1.26. The lowest BCUT2D eigenvalue weighted by atomic mass is 11.0. The summed E-state index contributed by atoms with van der Waals surface area (Å²) in [6, 6.07) is 0. The fourth-order valence-electron chi connectivity index (χ4n) is 0.626. The van der Waals surface area contributed by atoms with Crippen molar-refractivity contribution in [3.63, 3.8) is 0 Å². The van der Waals surface area contributed by atoms with E-state index >= 15 is 0 Å². The van der Waals surface area contributed by atoms with Gasteiger partial charge in [-0.3, -0.25) is 0 Å². The van der Waals surface area contributed by atoms with Gasteiger partial charge in [0.2, 0.25) is 0 Å². The molecule has 0 aliphatic rings. The van der Waals surface area contributed by atoms with E-state index in [0.29, 0.717) is 9.46 Å². The van der Waals surface area contributed by atoms with Crippen molar-refractivity contribution in [2.24, 2.45) is 0 Å². The first-order valence-electron chi connectivity index (χ1n) is 3.52. The van der Waals surface area contributed by atoms with Gasteiger partial charge < -0.3 is 20.4 Å². The molecule has 2 aromatic heterocycles. The molecule has 14 heavy (non-hydrogen) atoms. The van der Waals surface area contributed by atoms with Crippen molar-refractivity contribution in [1.29, 1.82) is 0 Å². The number of hydrogen-bond acceptors (Lipinski definition) is 4. The number of rotatable bonds is 0. The van der Waals surface area contributed by atoms with Crippen LogP contribution < -0.4 is 11.4 Å². The van der Waals surface area contributed by atoms with E-state index < -0.39 is 11.4 Å². The van der Waals surface area contributed by atoms with Crippen LogP contribution in [0.15, 0.2) is 34.4 Å². The van der Waals surface area contributed by atoms with Crippen LogP contribution in [0, 0.1) is 0 Å². The van der Waals surface area contributed by atoms with Gasteiger partial charge in [-0.1, -0.05) is 0 Å². The van der Waals surface area contributed by atoms with Crippen LogP contribution in [-0.2, 0) is 0 Å². The molecular weight excluding hydrogens is 192 g/mol. The Kier molecular flexibility index (Phi) is 2.79. The molecule has 0 saturated carbocycles. The molecule has 2 rings (SSSR count). The van der Waals surface area contributed by atoms with Gasteiger partial charge in [0, 0.05) is 12.4 Å². The molecule has 0 aliphatic carbocycles. The molecule has 0 bridgehead atoms.